The maximum absolute atomic E-state index is 14.4. The number of anilines is 6. The third-order valence-electron chi connectivity index (χ3n) is 15.2. The molecule has 1 atom stereocenters. The number of ether oxygens (including phenoxy) is 1. The Hall–Kier alpha value is -5.41. The van der Waals surface area contributed by atoms with Crippen LogP contribution < -0.4 is 35.8 Å². The molecule has 10 rings (SSSR count). The highest BCUT2D eigenvalue weighted by atomic mass is 79.9. The fraction of sp³-hybridized carbons (Fsp3) is 0.462. The number of carbonyl (C=O) groups excluding carboxylic acids is 3. The lowest BCUT2D eigenvalue weighted by molar-refractivity contribution is -0.136. The first-order valence-electron chi connectivity index (χ1n) is 24.5. The summed E-state index contributed by atoms with van der Waals surface area (Å²) in [5, 5.41) is 11.2. The van der Waals surface area contributed by atoms with Crippen molar-refractivity contribution in [2.75, 3.05) is 85.7 Å². The van der Waals surface area contributed by atoms with Gasteiger partial charge in [0.2, 0.25) is 23.7 Å². The fourth-order valence-corrected chi connectivity index (χ4v) is 14.9. The number of piperidine rings is 2. The zero-order chi connectivity index (χ0) is 48.2. The van der Waals surface area contributed by atoms with Crippen molar-refractivity contribution >= 4 is 91.5 Å². The summed E-state index contributed by atoms with van der Waals surface area (Å²) >= 11 is 3.66. The van der Waals surface area contributed by atoms with E-state index in [0.717, 1.165) is 134 Å². The van der Waals surface area contributed by atoms with Gasteiger partial charge in [0.15, 0.2) is 0 Å². The van der Waals surface area contributed by atoms with E-state index in [1.54, 1.807) is 18.2 Å². The normalized spacial score (nSPS) is 20.9. The summed E-state index contributed by atoms with van der Waals surface area (Å²) in [4.78, 5) is 61.8. The predicted octanol–water partition coefficient (Wildman–Crippen LogP) is 7.94. The summed E-state index contributed by atoms with van der Waals surface area (Å²) in [5.41, 5.74) is 7.80. The van der Waals surface area contributed by atoms with Crippen LogP contribution in [0.5, 0.6) is 5.75 Å². The number of carbonyl (C=O) groups is 3. The number of hydrogen-bond donors (Lipinski definition) is 3. The van der Waals surface area contributed by atoms with Crippen LogP contribution in [0.15, 0.2) is 65.3 Å². The third-order valence-corrected chi connectivity index (χ3v) is 19.1. The number of aryl methyl sites for hydroxylation is 2. The minimum absolute atomic E-state index is 0.0933. The molecule has 3 aromatic carbocycles. The van der Waals surface area contributed by atoms with Crippen LogP contribution in [0.4, 0.5) is 34.5 Å². The number of imide groups is 1. The molecule has 4 saturated heterocycles. The van der Waals surface area contributed by atoms with E-state index in [1.165, 1.54) is 5.56 Å². The number of pyridine rings is 1. The van der Waals surface area contributed by atoms with Crippen LogP contribution in [0.25, 0.3) is 10.9 Å². The molecule has 362 valence electrons. The van der Waals surface area contributed by atoms with E-state index in [-0.39, 0.29) is 18.2 Å². The van der Waals surface area contributed by atoms with Crippen molar-refractivity contribution in [1.29, 1.82) is 0 Å². The van der Waals surface area contributed by atoms with Gasteiger partial charge in [-0.2, -0.15) is 4.98 Å². The van der Waals surface area contributed by atoms with Gasteiger partial charge in [-0.15, -0.1) is 0 Å². The molecule has 7 heterocycles. The summed E-state index contributed by atoms with van der Waals surface area (Å²) in [6, 6.07) is 18.4. The van der Waals surface area contributed by atoms with Crippen LogP contribution >= 0.6 is 23.1 Å². The Balaban J connectivity index is 0.742. The van der Waals surface area contributed by atoms with Gasteiger partial charge >= 0.3 is 0 Å². The predicted molar refractivity (Wildman–Crippen MR) is 277 cm³/mol. The quantitative estimate of drug-likeness (QED) is 0.0816. The number of rotatable bonds is 12. The molecule has 0 radical (unpaired) electrons. The molecule has 0 aliphatic carbocycles. The lowest BCUT2D eigenvalue weighted by Gasteiger charge is -2.43. The van der Waals surface area contributed by atoms with Crippen molar-refractivity contribution < 1.29 is 23.7 Å². The number of benzene rings is 3. The van der Waals surface area contributed by atoms with Crippen molar-refractivity contribution in [3.63, 3.8) is 0 Å². The number of hydrogen-bond acceptors (Lipinski definition) is 13. The van der Waals surface area contributed by atoms with Gasteiger partial charge in [-0.05, 0) is 129 Å². The molecule has 69 heavy (non-hydrogen) atoms. The van der Waals surface area contributed by atoms with Crippen molar-refractivity contribution in [1.82, 2.24) is 30.1 Å². The molecule has 0 bridgehead atoms. The average molecular weight is 1020 g/mol. The number of nitrogens with one attached hydrogen (secondary N) is 3. The summed E-state index contributed by atoms with van der Waals surface area (Å²) in [6.45, 7) is 15.0. The first kappa shape index (κ1) is 47.3. The molecule has 15 nitrogen and oxygen atoms in total. The Kier molecular flexibility index (Phi) is 13.1. The third kappa shape index (κ3) is 9.25. The number of halogens is 1. The van der Waals surface area contributed by atoms with E-state index < -0.39 is 24.5 Å². The lowest BCUT2D eigenvalue weighted by Crippen LogP contribution is -2.55. The van der Waals surface area contributed by atoms with Gasteiger partial charge in [-0.25, -0.2) is 4.98 Å². The molecule has 5 aliphatic heterocycles. The van der Waals surface area contributed by atoms with E-state index in [0.29, 0.717) is 46.8 Å². The average Bonchev–Trinajstić information content (AvgIpc) is 3.87. The monoisotopic (exact) mass is 1020 g/mol. The molecule has 2 aromatic heterocycles. The Morgan fingerprint density at radius 3 is 2.38 bits per heavy atom. The van der Waals surface area contributed by atoms with Crippen LogP contribution in [-0.2, 0) is 30.8 Å². The first-order valence-corrected chi connectivity index (χ1v) is 27.3. The Morgan fingerprint density at radius 2 is 1.64 bits per heavy atom. The topological polar surface area (TPSA) is 165 Å². The SMILES string of the molecule is COc1cc(N2CCC(N3CCN(CCc4ccc5c(c4)C(C)(C)C(=O)N5C4CCC(=O)NC4=O)CC3)CC2)c(C)cc1Nc1ncc(Br)c(Nc2ccc3nc(C)ccc3c2P2(=O)CCCC2)n1. The minimum Gasteiger partial charge on any atom is -0.494 e. The number of nitrogens with zero attached hydrogens (tertiary/aromatic N) is 7. The Morgan fingerprint density at radius 1 is 0.870 bits per heavy atom. The van der Waals surface area contributed by atoms with E-state index in [4.69, 9.17) is 14.7 Å². The largest absolute Gasteiger partial charge is 0.494 e. The second-order valence-electron chi connectivity index (χ2n) is 20.0. The standard InChI is InChI=1S/C52H62BrN10O5P/c1-32-28-41(57-51-54-31-38(53)48(59-51)56-40-12-11-39-36(10-8-33(2)55-39)47(40)69(67)26-6-7-27-69)45(68-5)30-44(32)62-20-17-35(18-21-62)61-24-22-60(23-25-61)19-16-34-9-13-42-37(29-34)52(3,4)50(66)63(42)43-14-15-46(64)58-49(43)65/h8-13,28-31,35,43H,6-7,14-27H2,1-5H3,(H,58,64,65)(H2,54,56,57,59). The summed E-state index contributed by atoms with van der Waals surface area (Å²) < 4.78 is 21.1. The van der Waals surface area contributed by atoms with Gasteiger partial charge in [0.25, 0.3) is 0 Å². The molecule has 17 heteroatoms. The van der Waals surface area contributed by atoms with Crippen molar-refractivity contribution in [2.24, 2.45) is 0 Å². The van der Waals surface area contributed by atoms with Crippen LogP contribution in [-0.4, -0.2) is 120 Å². The number of amides is 3. The van der Waals surface area contributed by atoms with Gasteiger partial charge in [-0.3, -0.25) is 34.5 Å². The van der Waals surface area contributed by atoms with Gasteiger partial charge in [0, 0.05) is 111 Å². The van der Waals surface area contributed by atoms with E-state index in [2.05, 4.69) is 88.8 Å². The van der Waals surface area contributed by atoms with Gasteiger partial charge in [0.05, 0.1) is 33.9 Å². The minimum atomic E-state index is -2.63. The number of fused-ring (bicyclic) bond motifs is 2. The lowest BCUT2D eigenvalue weighted by atomic mass is 9.85. The van der Waals surface area contributed by atoms with E-state index in [1.807, 2.05) is 45.0 Å². The van der Waals surface area contributed by atoms with Crippen LogP contribution in [0.1, 0.15) is 74.8 Å². The Labute approximate surface area is 412 Å². The first-order chi connectivity index (χ1) is 33.2. The van der Waals surface area contributed by atoms with Gasteiger partial charge in [0.1, 0.15) is 24.8 Å². The molecule has 0 saturated carbocycles. The van der Waals surface area contributed by atoms with Crippen LogP contribution in [0, 0.1) is 13.8 Å². The summed E-state index contributed by atoms with van der Waals surface area (Å²) in [7, 11) is -0.940. The molecular formula is C52H62BrN10O5P. The molecule has 3 amide bonds. The summed E-state index contributed by atoms with van der Waals surface area (Å²) in [6.07, 6.45) is 8.67. The molecule has 4 fully saturated rings. The number of piperazine rings is 1. The maximum Gasteiger partial charge on any atom is 0.249 e. The van der Waals surface area contributed by atoms with Gasteiger partial charge < -0.3 is 29.7 Å². The molecular weight excluding hydrogens is 956 g/mol. The van der Waals surface area contributed by atoms with Crippen LogP contribution in [0.3, 0.4) is 0 Å². The Bertz CT molecular complexity index is 2890. The molecule has 1 unspecified atom stereocenters. The second-order valence-corrected chi connectivity index (χ2v) is 23.9. The zero-order valence-corrected chi connectivity index (χ0v) is 42.7. The highest BCUT2D eigenvalue weighted by molar-refractivity contribution is 9.10. The van der Waals surface area contributed by atoms with Crippen molar-refractivity contribution in [3.8, 4) is 5.75 Å². The smallest absolute Gasteiger partial charge is 0.249 e. The van der Waals surface area contributed by atoms with Crippen molar-refractivity contribution in [2.45, 2.75) is 90.1 Å². The van der Waals surface area contributed by atoms with Gasteiger partial charge in [-0.1, -0.05) is 18.2 Å². The maximum atomic E-state index is 14.4. The van der Waals surface area contributed by atoms with E-state index >= 15 is 0 Å². The zero-order valence-electron chi connectivity index (χ0n) is 40.2. The molecule has 0 spiro atoms. The fourth-order valence-electron chi connectivity index (χ4n) is 11.3. The van der Waals surface area contributed by atoms with E-state index in [9.17, 15) is 18.9 Å². The highest BCUT2D eigenvalue weighted by Gasteiger charge is 2.49. The van der Waals surface area contributed by atoms with Crippen LogP contribution in [0.2, 0.25) is 0 Å². The molecule has 5 aliphatic rings. The highest BCUT2D eigenvalue weighted by Crippen LogP contribution is 2.54. The number of aromatic nitrogens is 3. The molecule has 3 N–H and O–H groups in total. The number of methoxy groups -OCH3 is 1. The summed E-state index contributed by atoms with van der Waals surface area (Å²) in [5.74, 6) is 0.908. The van der Waals surface area contributed by atoms with Crippen molar-refractivity contribution in [3.05, 3.63) is 87.7 Å². The second kappa shape index (κ2) is 19.1. The molecule has 5 aromatic rings.